The monoisotopic (exact) mass is 931 g/mol. The van der Waals surface area contributed by atoms with Gasteiger partial charge in [-0.05, 0) is 64.2 Å². The van der Waals surface area contributed by atoms with E-state index in [-0.39, 0.29) is 13.0 Å². The highest BCUT2D eigenvalue weighted by Crippen LogP contribution is 2.47. The zero-order valence-corrected chi connectivity index (χ0v) is 41.2. The van der Waals surface area contributed by atoms with Crippen LogP contribution in [0.25, 0.3) is 0 Å². The predicted molar refractivity (Wildman–Crippen MR) is 258 cm³/mol. The van der Waals surface area contributed by atoms with E-state index in [1.165, 1.54) is 122 Å². The summed E-state index contributed by atoms with van der Waals surface area (Å²) in [6.45, 7) is 4.19. The van der Waals surface area contributed by atoms with E-state index < -0.39 is 63.1 Å². The Balaban J connectivity index is 2.31. The number of phosphoric acid groups is 1. The fraction of sp³-hybridized carbons (Fsp3) is 0.863. The molecule has 0 heterocycles. The van der Waals surface area contributed by atoms with Crippen LogP contribution in [0, 0.1) is 0 Å². The van der Waals surface area contributed by atoms with Gasteiger partial charge >= 0.3 is 13.8 Å². The zero-order chi connectivity index (χ0) is 46.9. The number of aliphatic hydroxyl groups excluding tert-OH is 5. The zero-order valence-electron chi connectivity index (χ0n) is 40.3. The van der Waals surface area contributed by atoms with Crippen LogP contribution in [0.1, 0.15) is 219 Å². The molecular formula is C51H95O12P. The van der Waals surface area contributed by atoms with E-state index in [4.69, 9.17) is 18.5 Å². The molecule has 6 unspecified atom stereocenters. The Morgan fingerprint density at radius 3 is 1.39 bits per heavy atom. The van der Waals surface area contributed by atoms with Gasteiger partial charge in [-0.15, -0.1) is 0 Å². The van der Waals surface area contributed by atoms with Crippen molar-refractivity contribution in [3.05, 3.63) is 36.5 Å². The van der Waals surface area contributed by atoms with E-state index in [1.807, 2.05) is 0 Å². The van der Waals surface area contributed by atoms with Crippen molar-refractivity contribution in [2.75, 3.05) is 19.8 Å². The first kappa shape index (κ1) is 60.6. The highest BCUT2D eigenvalue weighted by atomic mass is 31.2. The largest absolute Gasteiger partial charge is 0.472 e. The van der Waals surface area contributed by atoms with Crippen LogP contribution in [0.2, 0.25) is 0 Å². The summed E-state index contributed by atoms with van der Waals surface area (Å²) in [6.07, 6.45) is 37.9. The normalized spacial score (nSPS) is 21.9. The van der Waals surface area contributed by atoms with Gasteiger partial charge in [-0.25, -0.2) is 4.57 Å². The van der Waals surface area contributed by atoms with Crippen molar-refractivity contribution in [3.8, 4) is 0 Å². The summed E-state index contributed by atoms with van der Waals surface area (Å²) in [7, 11) is -5.02. The first-order chi connectivity index (χ1) is 31.0. The molecule has 0 saturated heterocycles. The molecule has 1 saturated carbocycles. The number of carbonyl (C=O) groups is 1. The lowest BCUT2D eigenvalue weighted by Gasteiger charge is -2.41. The number of esters is 1. The van der Waals surface area contributed by atoms with Crippen molar-refractivity contribution in [1.82, 2.24) is 0 Å². The summed E-state index contributed by atoms with van der Waals surface area (Å²) < 4.78 is 34.3. The van der Waals surface area contributed by atoms with Crippen molar-refractivity contribution in [3.63, 3.8) is 0 Å². The van der Waals surface area contributed by atoms with Crippen LogP contribution >= 0.6 is 7.82 Å². The molecule has 0 aliphatic heterocycles. The number of hydrogen-bond acceptors (Lipinski definition) is 11. The molecule has 0 radical (unpaired) electrons. The van der Waals surface area contributed by atoms with E-state index in [9.17, 15) is 39.8 Å². The van der Waals surface area contributed by atoms with Crippen molar-refractivity contribution >= 4 is 13.8 Å². The van der Waals surface area contributed by atoms with Gasteiger partial charge in [-0.1, -0.05) is 185 Å². The van der Waals surface area contributed by atoms with E-state index >= 15 is 0 Å². The molecule has 13 heteroatoms. The lowest BCUT2D eigenvalue weighted by Crippen LogP contribution is -2.64. The molecule has 12 nitrogen and oxygen atoms in total. The summed E-state index contributed by atoms with van der Waals surface area (Å²) >= 11 is 0. The number of hydrogen-bond donors (Lipinski definition) is 6. The van der Waals surface area contributed by atoms with Crippen molar-refractivity contribution in [2.45, 2.75) is 262 Å². The van der Waals surface area contributed by atoms with Crippen molar-refractivity contribution in [2.24, 2.45) is 0 Å². The molecule has 0 aromatic rings. The third kappa shape index (κ3) is 33.1. The number of rotatable bonds is 44. The smallest absolute Gasteiger partial charge is 0.457 e. The van der Waals surface area contributed by atoms with Gasteiger partial charge in [-0.2, -0.15) is 0 Å². The maximum atomic E-state index is 12.8. The Morgan fingerprint density at radius 1 is 0.500 bits per heavy atom. The summed E-state index contributed by atoms with van der Waals surface area (Å²) in [6, 6.07) is 0. The van der Waals surface area contributed by atoms with Gasteiger partial charge < -0.3 is 39.9 Å². The Labute approximate surface area is 389 Å². The number of unbranched alkanes of at least 4 members (excludes halogenated alkanes) is 26. The molecule has 6 N–H and O–H groups in total. The SMILES string of the molecule is CCC/C=C\C/C=C\CCCCCCCCOCC(COP(=O)(O)OC1C(O)C(O)C(O)C(O)C1O)OC(=O)CCCCCCCCCCCCC/C=C\CCCCCCCCCC. The van der Waals surface area contributed by atoms with Crippen LogP contribution in [0.5, 0.6) is 0 Å². The fourth-order valence-electron chi connectivity index (χ4n) is 7.86. The Kier molecular flexibility index (Phi) is 39.5. The molecule has 1 fully saturated rings. The van der Waals surface area contributed by atoms with Gasteiger partial charge in [0.15, 0.2) is 0 Å². The molecule has 1 aliphatic rings. The number of phosphoric ester groups is 1. The molecular weight excluding hydrogens is 836 g/mol. The van der Waals surface area contributed by atoms with Crippen molar-refractivity contribution < 1.29 is 58.3 Å². The van der Waals surface area contributed by atoms with Crippen LogP contribution in [-0.4, -0.2) is 98.9 Å². The average molecular weight is 931 g/mol. The predicted octanol–water partition coefficient (Wildman–Crippen LogP) is 11.4. The highest BCUT2D eigenvalue weighted by molar-refractivity contribution is 7.47. The van der Waals surface area contributed by atoms with Crippen LogP contribution in [0.3, 0.4) is 0 Å². The van der Waals surface area contributed by atoms with Crippen LogP contribution in [0.4, 0.5) is 0 Å². The number of allylic oxidation sites excluding steroid dienone is 6. The molecule has 0 spiro atoms. The van der Waals surface area contributed by atoms with Crippen LogP contribution < -0.4 is 0 Å². The number of ether oxygens (including phenoxy) is 2. The Bertz CT molecular complexity index is 1200. The maximum Gasteiger partial charge on any atom is 0.472 e. The minimum Gasteiger partial charge on any atom is -0.457 e. The molecule has 1 rings (SSSR count). The van der Waals surface area contributed by atoms with E-state index in [0.29, 0.717) is 13.0 Å². The molecule has 0 aromatic heterocycles. The van der Waals surface area contributed by atoms with Crippen molar-refractivity contribution in [1.29, 1.82) is 0 Å². The van der Waals surface area contributed by atoms with E-state index in [1.54, 1.807) is 0 Å². The quantitative estimate of drug-likeness (QED) is 0.0147. The third-order valence-electron chi connectivity index (χ3n) is 12.0. The fourth-order valence-corrected chi connectivity index (χ4v) is 8.83. The Hall–Kier alpha value is -1.44. The highest BCUT2D eigenvalue weighted by Gasteiger charge is 2.51. The second kappa shape index (κ2) is 41.7. The van der Waals surface area contributed by atoms with Gasteiger partial charge in [0.05, 0.1) is 13.2 Å². The third-order valence-corrected chi connectivity index (χ3v) is 13.0. The minimum absolute atomic E-state index is 0.0829. The maximum absolute atomic E-state index is 12.8. The summed E-state index contributed by atoms with van der Waals surface area (Å²) in [4.78, 5) is 23.2. The van der Waals surface area contributed by atoms with Crippen LogP contribution in [-0.2, 0) is 27.9 Å². The molecule has 0 amide bonds. The lowest BCUT2D eigenvalue weighted by atomic mass is 9.85. The second-order valence-electron chi connectivity index (χ2n) is 18.0. The van der Waals surface area contributed by atoms with Crippen LogP contribution in [0.15, 0.2) is 36.5 Å². The standard InChI is InChI=1S/C51H95O12P/c1-3-5-7-9-11-13-15-17-19-20-21-22-23-24-25-26-27-28-30-32-34-36-38-40-45(52)62-44(42-60-41-39-37-35-33-31-29-18-16-14-12-10-8-6-4-2)43-61-64(58,59)63-51-49(56)47(54)46(53)48(55)50(51)57/h8,10,14,16,20-21,44,46-51,53-57H,3-7,9,11-13,15,17-19,22-43H2,1-2H3,(H,58,59)/b10-8-,16-14-,21-20-. The first-order valence-corrected chi connectivity index (χ1v) is 27.3. The second-order valence-corrected chi connectivity index (χ2v) is 19.4. The number of carbonyl (C=O) groups excluding carboxylic acids is 1. The molecule has 376 valence electrons. The summed E-state index contributed by atoms with van der Waals surface area (Å²) in [5.74, 6) is -0.481. The summed E-state index contributed by atoms with van der Waals surface area (Å²) in [5.41, 5.74) is 0. The molecule has 1 aliphatic carbocycles. The lowest BCUT2D eigenvalue weighted by molar-refractivity contribution is -0.220. The summed E-state index contributed by atoms with van der Waals surface area (Å²) in [5, 5.41) is 50.3. The van der Waals surface area contributed by atoms with Gasteiger partial charge in [0.2, 0.25) is 0 Å². The molecule has 6 atom stereocenters. The van der Waals surface area contributed by atoms with Gasteiger partial charge in [0.25, 0.3) is 0 Å². The average Bonchev–Trinajstić information content (AvgIpc) is 3.28. The van der Waals surface area contributed by atoms with E-state index in [0.717, 1.165) is 70.6 Å². The Morgan fingerprint density at radius 2 is 0.906 bits per heavy atom. The first-order valence-electron chi connectivity index (χ1n) is 25.8. The molecule has 0 aromatic carbocycles. The van der Waals surface area contributed by atoms with Gasteiger partial charge in [0.1, 0.15) is 42.7 Å². The molecule has 64 heavy (non-hydrogen) atoms. The topological polar surface area (TPSA) is 192 Å². The van der Waals surface area contributed by atoms with Gasteiger partial charge in [0, 0.05) is 13.0 Å². The minimum atomic E-state index is -5.02. The number of aliphatic hydroxyl groups is 5. The van der Waals surface area contributed by atoms with E-state index in [2.05, 4.69) is 50.3 Å². The molecule has 0 bridgehead atoms. The van der Waals surface area contributed by atoms with Gasteiger partial charge in [-0.3, -0.25) is 13.8 Å².